The number of carbonyl (C=O) groups excluding carboxylic acids is 1. The molecular formula is C23H27F3N2O2S. The van der Waals surface area contributed by atoms with E-state index in [1.165, 1.54) is 11.8 Å². The van der Waals surface area contributed by atoms with Crippen LogP contribution in [0.1, 0.15) is 62.4 Å². The molecule has 0 fully saturated rings. The molecule has 4 nitrogen and oxygen atoms in total. The van der Waals surface area contributed by atoms with Crippen molar-refractivity contribution < 1.29 is 22.2 Å². The molecule has 0 aromatic heterocycles. The number of nitrogens with zero attached hydrogens (tertiary/aromatic N) is 1. The summed E-state index contributed by atoms with van der Waals surface area (Å²) in [6.07, 6.45) is -3.93. The molecule has 1 aliphatic heterocycles. The van der Waals surface area contributed by atoms with Crippen molar-refractivity contribution in [1.82, 2.24) is 4.72 Å². The number of nitrogens with one attached hydrogen (secondary N) is 1. The number of fused-ring (bicyclic) bond motifs is 1. The fraction of sp³-hybridized carbons (Fsp3) is 0.435. The van der Waals surface area contributed by atoms with Crippen molar-refractivity contribution in [2.24, 2.45) is 0 Å². The Labute approximate surface area is 183 Å². The van der Waals surface area contributed by atoms with Gasteiger partial charge >= 0.3 is 6.18 Å². The number of halogens is 3. The van der Waals surface area contributed by atoms with Crippen molar-refractivity contribution in [3.05, 3.63) is 64.7 Å². The molecule has 1 amide bonds. The standard InChI is InChI=1S/C23H27F3N2O2S/c1-15(29)28-11-10-20(27-31(30)22(2,3)4)18-13-17(12-16-8-6-5-7-9-16)14-19(21(18)28)23(24,25)26/h5-9,13-14,20,27H,10-12H2,1-4H3/t20-,31-/m1/s1. The predicted molar refractivity (Wildman–Crippen MR) is 117 cm³/mol. The van der Waals surface area contributed by atoms with Gasteiger partial charge in [0.15, 0.2) is 0 Å². The highest BCUT2D eigenvalue weighted by atomic mass is 32.2. The molecule has 0 spiro atoms. The van der Waals surface area contributed by atoms with Gasteiger partial charge in [0, 0.05) is 19.5 Å². The second kappa shape index (κ2) is 8.74. The van der Waals surface area contributed by atoms with Crippen LogP contribution < -0.4 is 9.62 Å². The first-order valence-electron chi connectivity index (χ1n) is 10.1. The smallest absolute Gasteiger partial charge is 0.312 e. The van der Waals surface area contributed by atoms with E-state index in [1.54, 1.807) is 26.8 Å². The second-order valence-electron chi connectivity index (χ2n) is 8.75. The van der Waals surface area contributed by atoms with E-state index >= 15 is 0 Å². The lowest BCUT2D eigenvalue weighted by molar-refractivity contribution is -0.137. The van der Waals surface area contributed by atoms with Crippen LogP contribution in [0, 0.1) is 0 Å². The van der Waals surface area contributed by atoms with Crippen LogP contribution in [-0.2, 0) is 28.4 Å². The summed E-state index contributed by atoms with van der Waals surface area (Å²) in [7, 11) is -1.47. The van der Waals surface area contributed by atoms with Gasteiger partial charge in [0.25, 0.3) is 0 Å². The first kappa shape index (κ1) is 23.5. The summed E-state index contributed by atoms with van der Waals surface area (Å²) in [5.74, 6) is -0.446. The van der Waals surface area contributed by atoms with Gasteiger partial charge in [0.2, 0.25) is 5.91 Å². The molecule has 1 heterocycles. The van der Waals surface area contributed by atoms with Crippen LogP contribution >= 0.6 is 0 Å². The fourth-order valence-electron chi connectivity index (χ4n) is 3.70. The molecule has 1 N–H and O–H groups in total. The van der Waals surface area contributed by atoms with Crippen molar-refractivity contribution in [3.63, 3.8) is 0 Å². The molecule has 168 valence electrons. The summed E-state index contributed by atoms with van der Waals surface area (Å²) < 4.78 is 57.4. The predicted octanol–water partition coefficient (Wildman–Crippen LogP) is 5.15. The van der Waals surface area contributed by atoms with Gasteiger partial charge in [-0.2, -0.15) is 13.2 Å². The Hall–Kier alpha value is -2.19. The minimum absolute atomic E-state index is 0.127. The van der Waals surface area contributed by atoms with Crippen LogP contribution in [-0.4, -0.2) is 21.4 Å². The van der Waals surface area contributed by atoms with Gasteiger partial charge in [0.05, 0.1) is 27.0 Å². The third-order valence-corrected chi connectivity index (χ3v) is 6.84. The number of amides is 1. The summed E-state index contributed by atoms with van der Waals surface area (Å²) in [6, 6.07) is 11.5. The Balaban J connectivity index is 2.15. The summed E-state index contributed by atoms with van der Waals surface area (Å²) in [6.45, 7) is 6.80. The van der Waals surface area contributed by atoms with Crippen molar-refractivity contribution in [3.8, 4) is 0 Å². The maximum Gasteiger partial charge on any atom is 0.418 e. The molecular weight excluding hydrogens is 425 g/mol. The van der Waals surface area contributed by atoms with Crippen molar-refractivity contribution in [1.29, 1.82) is 0 Å². The lowest BCUT2D eigenvalue weighted by Gasteiger charge is -2.37. The number of carbonyl (C=O) groups is 1. The van der Waals surface area contributed by atoms with Gasteiger partial charge in [0.1, 0.15) is 0 Å². The van der Waals surface area contributed by atoms with Crippen molar-refractivity contribution in [2.45, 2.75) is 57.5 Å². The highest BCUT2D eigenvalue weighted by Crippen LogP contribution is 2.45. The molecule has 2 aromatic carbocycles. The maximum atomic E-state index is 14.1. The van der Waals surface area contributed by atoms with E-state index in [1.807, 2.05) is 30.3 Å². The average Bonchev–Trinajstić information content (AvgIpc) is 2.66. The summed E-state index contributed by atoms with van der Waals surface area (Å²) >= 11 is 0. The maximum absolute atomic E-state index is 14.1. The molecule has 3 rings (SSSR count). The molecule has 0 saturated carbocycles. The van der Waals surface area contributed by atoms with Gasteiger partial charge in [-0.05, 0) is 56.4 Å². The van der Waals surface area contributed by atoms with E-state index in [4.69, 9.17) is 0 Å². The lowest BCUT2D eigenvalue weighted by atomic mass is 9.89. The van der Waals surface area contributed by atoms with E-state index in [2.05, 4.69) is 4.72 Å². The number of hydrogen-bond donors (Lipinski definition) is 1. The molecule has 0 aliphatic carbocycles. The van der Waals surface area contributed by atoms with Gasteiger partial charge in [-0.25, -0.2) is 8.93 Å². The topological polar surface area (TPSA) is 49.4 Å². The highest BCUT2D eigenvalue weighted by Gasteiger charge is 2.41. The number of alkyl halides is 3. The van der Waals surface area contributed by atoms with Crippen LogP contribution in [0.25, 0.3) is 0 Å². The summed E-state index contributed by atoms with van der Waals surface area (Å²) in [5, 5.41) is 0. The zero-order valence-electron chi connectivity index (χ0n) is 18.0. The van der Waals surface area contributed by atoms with Crippen LogP contribution in [0.15, 0.2) is 42.5 Å². The molecule has 31 heavy (non-hydrogen) atoms. The quantitative estimate of drug-likeness (QED) is 0.698. The fourth-order valence-corrected chi connectivity index (χ4v) is 4.56. The van der Waals surface area contributed by atoms with Crippen molar-refractivity contribution >= 4 is 22.6 Å². The van der Waals surface area contributed by atoms with Gasteiger partial charge < -0.3 is 4.90 Å². The van der Waals surface area contributed by atoms with Crippen LogP contribution in [0.5, 0.6) is 0 Å². The first-order chi connectivity index (χ1) is 14.4. The Kier molecular flexibility index (Phi) is 6.62. The highest BCUT2D eigenvalue weighted by molar-refractivity contribution is 7.84. The molecule has 2 aromatic rings. The largest absolute Gasteiger partial charge is 0.418 e. The molecule has 0 bridgehead atoms. The Morgan fingerprint density at radius 2 is 1.77 bits per heavy atom. The zero-order valence-corrected chi connectivity index (χ0v) is 18.9. The molecule has 8 heteroatoms. The Morgan fingerprint density at radius 3 is 2.32 bits per heavy atom. The van der Waals surface area contributed by atoms with Gasteiger partial charge in [-0.15, -0.1) is 0 Å². The average molecular weight is 453 g/mol. The Bertz CT molecular complexity index is 985. The van der Waals surface area contributed by atoms with E-state index < -0.39 is 39.4 Å². The minimum atomic E-state index is -4.63. The monoisotopic (exact) mass is 452 g/mol. The van der Waals surface area contributed by atoms with Gasteiger partial charge in [-0.1, -0.05) is 36.4 Å². The van der Waals surface area contributed by atoms with Crippen LogP contribution in [0.2, 0.25) is 0 Å². The van der Waals surface area contributed by atoms with Crippen LogP contribution in [0.3, 0.4) is 0 Å². The molecule has 0 unspecified atom stereocenters. The Morgan fingerprint density at radius 1 is 1.13 bits per heavy atom. The normalized spacial score (nSPS) is 17.9. The van der Waals surface area contributed by atoms with E-state index in [0.29, 0.717) is 24.0 Å². The molecule has 0 saturated heterocycles. The van der Waals surface area contributed by atoms with Crippen molar-refractivity contribution in [2.75, 3.05) is 11.4 Å². The van der Waals surface area contributed by atoms with Crippen LogP contribution in [0.4, 0.5) is 18.9 Å². The summed E-state index contributed by atoms with van der Waals surface area (Å²) in [4.78, 5) is 13.4. The molecule has 0 radical (unpaired) electrons. The summed E-state index contributed by atoms with van der Waals surface area (Å²) in [5.41, 5.74) is 0.777. The minimum Gasteiger partial charge on any atom is -0.312 e. The SMILES string of the molecule is CC(=O)N1CC[C@@H](N[S@](=O)C(C)(C)C)c2cc(Cc3ccccc3)cc(C(F)(F)F)c21. The van der Waals surface area contributed by atoms with E-state index in [-0.39, 0.29) is 12.2 Å². The number of hydrogen-bond acceptors (Lipinski definition) is 2. The second-order valence-corrected chi connectivity index (χ2v) is 10.8. The third-order valence-electron chi connectivity index (χ3n) is 5.23. The third kappa shape index (κ3) is 5.36. The lowest BCUT2D eigenvalue weighted by Crippen LogP contribution is -2.43. The molecule has 2 atom stereocenters. The van der Waals surface area contributed by atoms with E-state index in [9.17, 15) is 22.2 Å². The molecule has 1 aliphatic rings. The first-order valence-corrected chi connectivity index (χ1v) is 11.3. The number of benzene rings is 2. The van der Waals surface area contributed by atoms with Gasteiger partial charge in [-0.3, -0.25) is 4.79 Å². The number of rotatable bonds is 4. The zero-order chi connectivity index (χ0) is 23.0. The number of anilines is 1. The van der Waals surface area contributed by atoms with E-state index in [0.717, 1.165) is 11.6 Å².